The maximum atomic E-state index is 13.0. The number of hydrogen-bond donors (Lipinski definition) is 1. The Morgan fingerprint density at radius 3 is 2.81 bits per heavy atom. The van der Waals surface area contributed by atoms with Crippen molar-refractivity contribution < 1.29 is 14.1 Å². The molecule has 1 aliphatic carbocycles. The number of benzene rings is 1. The van der Waals surface area contributed by atoms with Crippen LogP contribution in [0.5, 0.6) is 0 Å². The summed E-state index contributed by atoms with van der Waals surface area (Å²) in [5, 5.41) is 13.6. The Morgan fingerprint density at radius 1 is 1.43 bits per heavy atom. The molecule has 0 aromatic heterocycles. The van der Waals surface area contributed by atoms with Crippen molar-refractivity contribution in [2.45, 2.75) is 31.1 Å². The number of halogens is 2. The van der Waals surface area contributed by atoms with Crippen LogP contribution in [0.4, 0.5) is 10.1 Å². The lowest BCUT2D eigenvalue weighted by molar-refractivity contribution is -0.385. The number of nitrogens with zero attached hydrogens (tertiary/aromatic N) is 1. The molecule has 0 aliphatic heterocycles. The summed E-state index contributed by atoms with van der Waals surface area (Å²) in [5.41, 5.74) is -0.665. The third kappa shape index (κ3) is 3.91. The highest BCUT2D eigenvalue weighted by atomic mass is 35.5. The van der Waals surface area contributed by atoms with E-state index in [0.717, 1.165) is 43.9 Å². The molecule has 21 heavy (non-hydrogen) atoms. The second-order valence-corrected chi connectivity index (χ2v) is 5.75. The number of carbonyl (C=O) groups is 1. The first-order chi connectivity index (χ1) is 9.99. The maximum Gasteiger partial charge on any atom is 0.285 e. The zero-order valence-corrected chi connectivity index (χ0v) is 12.1. The quantitative estimate of drug-likeness (QED) is 0.526. The zero-order chi connectivity index (χ0) is 15.4. The summed E-state index contributed by atoms with van der Waals surface area (Å²) < 4.78 is 13.0. The summed E-state index contributed by atoms with van der Waals surface area (Å²) in [6, 6.07) is 2.91. The molecule has 2 rings (SSSR count). The van der Waals surface area contributed by atoms with E-state index in [4.69, 9.17) is 11.6 Å². The molecule has 7 heteroatoms. The Morgan fingerprint density at radius 2 is 2.14 bits per heavy atom. The van der Waals surface area contributed by atoms with Gasteiger partial charge in [-0.05, 0) is 30.9 Å². The normalized spacial score (nSPS) is 21.8. The summed E-state index contributed by atoms with van der Waals surface area (Å²) in [6.45, 7) is 0.377. The molecule has 0 heterocycles. The number of nitro benzene ring substituents is 1. The van der Waals surface area contributed by atoms with E-state index in [1.165, 1.54) is 0 Å². The van der Waals surface area contributed by atoms with E-state index in [-0.39, 0.29) is 16.9 Å². The highest BCUT2D eigenvalue weighted by Gasteiger charge is 2.25. The molecule has 2 unspecified atom stereocenters. The first-order valence-electron chi connectivity index (χ1n) is 6.85. The van der Waals surface area contributed by atoms with Crippen LogP contribution in [-0.2, 0) is 0 Å². The van der Waals surface area contributed by atoms with Crippen molar-refractivity contribution in [2.24, 2.45) is 5.92 Å². The zero-order valence-electron chi connectivity index (χ0n) is 11.4. The van der Waals surface area contributed by atoms with E-state index in [2.05, 4.69) is 5.32 Å². The summed E-state index contributed by atoms with van der Waals surface area (Å²) >= 11 is 6.21. The fourth-order valence-electron chi connectivity index (χ4n) is 2.56. The van der Waals surface area contributed by atoms with Crippen LogP contribution in [0.25, 0.3) is 0 Å². The molecule has 0 bridgehead atoms. The Hall–Kier alpha value is -1.69. The van der Waals surface area contributed by atoms with E-state index >= 15 is 0 Å². The van der Waals surface area contributed by atoms with E-state index in [1.54, 1.807) is 0 Å². The molecule has 1 aromatic carbocycles. The fourth-order valence-corrected chi connectivity index (χ4v) is 2.93. The highest BCUT2D eigenvalue weighted by Crippen LogP contribution is 2.28. The van der Waals surface area contributed by atoms with Crippen molar-refractivity contribution in [3.05, 3.63) is 39.7 Å². The van der Waals surface area contributed by atoms with E-state index < -0.39 is 22.3 Å². The third-order valence-electron chi connectivity index (χ3n) is 3.74. The van der Waals surface area contributed by atoms with Gasteiger partial charge in [0.1, 0.15) is 11.4 Å². The van der Waals surface area contributed by atoms with Crippen molar-refractivity contribution in [2.75, 3.05) is 6.54 Å². The Labute approximate surface area is 126 Å². The van der Waals surface area contributed by atoms with Gasteiger partial charge in [0.15, 0.2) is 0 Å². The van der Waals surface area contributed by atoms with Gasteiger partial charge in [-0.15, -0.1) is 11.6 Å². The number of hydrogen-bond acceptors (Lipinski definition) is 3. The smallest absolute Gasteiger partial charge is 0.285 e. The highest BCUT2D eigenvalue weighted by molar-refractivity contribution is 6.20. The average molecular weight is 315 g/mol. The van der Waals surface area contributed by atoms with Gasteiger partial charge >= 0.3 is 0 Å². The summed E-state index contributed by atoms with van der Waals surface area (Å²) in [6.07, 6.45) is 4.00. The second kappa shape index (κ2) is 6.85. The van der Waals surface area contributed by atoms with Crippen LogP contribution in [-0.4, -0.2) is 22.8 Å². The minimum Gasteiger partial charge on any atom is -0.351 e. The molecule has 1 fully saturated rings. The van der Waals surface area contributed by atoms with Crippen molar-refractivity contribution in [3.63, 3.8) is 0 Å². The number of carbonyl (C=O) groups excluding carboxylic acids is 1. The first-order valence-corrected chi connectivity index (χ1v) is 7.29. The van der Waals surface area contributed by atoms with E-state index in [1.807, 2.05) is 0 Å². The molecule has 0 radical (unpaired) electrons. The largest absolute Gasteiger partial charge is 0.351 e. The lowest BCUT2D eigenvalue weighted by Crippen LogP contribution is -2.35. The topological polar surface area (TPSA) is 72.2 Å². The summed E-state index contributed by atoms with van der Waals surface area (Å²) in [4.78, 5) is 22.2. The second-order valence-electron chi connectivity index (χ2n) is 5.19. The van der Waals surface area contributed by atoms with Gasteiger partial charge in [0, 0.05) is 11.9 Å². The maximum absolute atomic E-state index is 13.0. The average Bonchev–Trinajstić information content (AvgIpc) is 2.46. The van der Waals surface area contributed by atoms with Crippen molar-refractivity contribution >= 4 is 23.2 Å². The Balaban J connectivity index is 2.05. The Bertz CT molecular complexity index is 553. The van der Waals surface area contributed by atoms with Crippen LogP contribution in [0.2, 0.25) is 0 Å². The van der Waals surface area contributed by atoms with Crippen LogP contribution in [0.3, 0.4) is 0 Å². The van der Waals surface area contributed by atoms with Crippen LogP contribution in [0.1, 0.15) is 36.0 Å². The minimum absolute atomic E-state index is 0.0160. The lowest BCUT2D eigenvalue weighted by Gasteiger charge is -2.27. The van der Waals surface area contributed by atoms with Crippen molar-refractivity contribution in [1.29, 1.82) is 0 Å². The van der Waals surface area contributed by atoms with Gasteiger partial charge in [-0.25, -0.2) is 4.39 Å². The molecular formula is C14H16ClFN2O3. The number of nitrogens with one attached hydrogen (secondary N) is 1. The molecule has 0 spiro atoms. The molecule has 1 aromatic rings. The number of rotatable bonds is 4. The third-order valence-corrected chi connectivity index (χ3v) is 4.32. The van der Waals surface area contributed by atoms with Gasteiger partial charge < -0.3 is 5.32 Å². The fraction of sp³-hybridized carbons (Fsp3) is 0.500. The lowest BCUT2D eigenvalue weighted by atomic mass is 9.88. The van der Waals surface area contributed by atoms with Crippen LogP contribution in [0, 0.1) is 21.8 Å². The molecule has 0 saturated heterocycles. The standard InChI is InChI=1S/C14H16ClFN2O3/c15-12-4-2-1-3-9(12)8-17-14(19)11-6-5-10(16)7-13(11)18(20)21/h5-7,9,12H,1-4,8H2,(H,17,19). The molecule has 2 atom stereocenters. The van der Waals surface area contributed by atoms with Gasteiger partial charge in [-0.2, -0.15) is 0 Å². The summed E-state index contributed by atoms with van der Waals surface area (Å²) in [7, 11) is 0. The molecule has 1 amide bonds. The van der Waals surface area contributed by atoms with Crippen molar-refractivity contribution in [1.82, 2.24) is 5.32 Å². The predicted molar refractivity (Wildman–Crippen MR) is 77.0 cm³/mol. The van der Waals surface area contributed by atoms with Crippen LogP contribution >= 0.6 is 11.6 Å². The van der Waals surface area contributed by atoms with Gasteiger partial charge in [0.25, 0.3) is 11.6 Å². The van der Waals surface area contributed by atoms with Crippen molar-refractivity contribution in [3.8, 4) is 0 Å². The molecule has 5 nitrogen and oxygen atoms in total. The van der Waals surface area contributed by atoms with Gasteiger partial charge in [-0.3, -0.25) is 14.9 Å². The predicted octanol–water partition coefficient (Wildman–Crippen LogP) is 3.26. The van der Waals surface area contributed by atoms with Crippen LogP contribution < -0.4 is 5.32 Å². The first kappa shape index (κ1) is 15.7. The van der Waals surface area contributed by atoms with Gasteiger partial charge in [0.05, 0.1) is 11.0 Å². The van der Waals surface area contributed by atoms with Gasteiger partial charge in [0.2, 0.25) is 0 Å². The molecule has 1 N–H and O–H groups in total. The molecule has 114 valence electrons. The van der Waals surface area contributed by atoms with E-state index in [9.17, 15) is 19.3 Å². The molecular weight excluding hydrogens is 299 g/mol. The van der Waals surface area contributed by atoms with Gasteiger partial charge in [-0.1, -0.05) is 12.8 Å². The Kier molecular flexibility index (Phi) is 5.12. The number of nitro groups is 1. The van der Waals surface area contributed by atoms with E-state index in [0.29, 0.717) is 6.54 Å². The van der Waals surface area contributed by atoms with Crippen LogP contribution in [0.15, 0.2) is 18.2 Å². The number of amides is 1. The summed E-state index contributed by atoms with van der Waals surface area (Å²) in [5.74, 6) is -1.15. The SMILES string of the molecule is O=C(NCC1CCCCC1Cl)c1ccc(F)cc1[N+](=O)[O-]. The monoisotopic (exact) mass is 314 g/mol. The number of alkyl halides is 1. The minimum atomic E-state index is -0.761. The molecule has 1 saturated carbocycles. The molecule has 1 aliphatic rings.